The molecule has 1 aromatic heterocycles. The molecule has 0 aliphatic rings. The van der Waals surface area contributed by atoms with Gasteiger partial charge in [-0.25, -0.2) is 9.78 Å². The Morgan fingerprint density at radius 2 is 1.81 bits per heavy atom. The Hall–Kier alpha value is -3.79. The zero-order chi connectivity index (χ0) is 27.2. The number of halogens is 4. The van der Waals surface area contributed by atoms with Crippen LogP contribution >= 0.6 is 11.6 Å². The Morgan fingerprint density at radius 1 is 1.08 bits per heavy atom. The molecule has 0 saturated carbocycles. The van der Waals surface area contributed by atoms with Crippen LogP contribution in [0.25, 0.3) is 11.1 Å². The molecule has 11 heteroatoms. The van der Waals surface area contributed by atoms with E-state index in [-0.39, 0.29) is 24.9 Å². The molecule has 0 saturated heterocycles. The fourth-order valence-electron chi connectivity index (χ4n) is 3.83. The van der Waals surface area contributed by atoms with E-state index in [4.69, 9.17) is 16.3 Å². The van der Waals surface area contributed by atoms with E-state index in [1.165, 1.54) is 19.4 Å². The predicted octanol–water partition coefficient (Wildman–Crippen LogP) is 6.01. The molecule has 0 bridgehead atoms. The van der Waals surface area contributed by atoms with Gasteiger partial charge < -0.3 is 20.5 Å². The van der Waals surface area contributed by atoms with E-state index in [1.54, 1.807) is 37.3 Å². The molecule has 1 atom stereocenters. The Morgan fingerprint density at radius 3 is 2.41 bits per heavy atom. The van der Waals surface area contributed by atoms with Crippen LogP contribution < -0.4 is 15.4 Å². The lowest BCUT2D eigenvalue weighted by molar-refractivity contribution is -0.138. The van der Waals surface area contributed by atoms with Crippen molar-refractivity contribution in [2.24, 2.45) is 0 Å². The summed E-state index contributed by atoms with van der Waals surface area (Å²) in [6, 6.07) is 9.84. The van der Waals surface area contributed by atoms with Crippen LogP contribution in [0, 0.1) is 0 Å². The number of carbonyl (C=O) groups is 2. The van der Waals surface area contributed by atoms with Crippen LogP contribution in [0.2, 0.25) is 5.15 Å². The quantitative estimate of drug-likeness (QED) is 0.291. The number of pyridine rings is 1. The summed E-state index contributed by atoms with van der Waals surface area (Å²) in [6.07, 6.45) is -3.10. The van der Waals surface area contributed by atoms with Gasteiger partial charge >= 0.3 is 18.2 Å². The second-order valence-electron chi connectivity index (χ2n) is 8.18. The smallest absolute Gasteiger partial charge is 0.416 e. The largest absolute Gasteiger partial charge is 0.496 e. The predicted molar refractivity (Wildman–Crippen MR) is 132 cm³/mol. The zero-order valence-electron chi connectivity index (χ0n) is 20.0. The SMILES string of the molecule is CCC(NC(=O)NCc1ccc(Cl)nc1)c1cc(C(F)(F)F)ccc1-c1cc(CC(=O)O)ccc1OC. The van der Waals surface area contributed by atoms with Crippen molar-refractivity contribution in [1.82, 2.24) is 15.6 Å². The average Bonchev–Trinajstić information content (AvgIpc) is 2.85. The fraction of sp³-hybridized carbons (Fsp3) is 0.269. The van der Waals surface area contributed by atoms with Crippen molar-refractivity contribution in [2.45, 2.75) is 38.5 Å². The molecule has 3 aromatic rings. The van der Waals surface area contributed by atoms with Gasteiger partial charge in [0.1, 0.15) is 10.9 Å². The number of carboxylic acid groups (broad SMARTS) is 1. The second kappa shape index (κ2) is 12.0. The van der Waals surface area contributed by atoms with Crippen LogP contribution in [0.5, 0.6) is 5.75 Å². The van der Waals surface area contributed by atoms with Crippen molar-refractivity contribution in [3.63, 3.8) is 0 Å². The van der Waals surface area contributed by atoms with E-state index in [2.05, 4.69) is 15.6 Å². The Bertz CT molecular complexity index is 1270. The van der Waals surface area contributed by atoms with Crippen molar-refractivity contribution >= 4 is 23.6 Å². The van der Waals surface area contributed by atoms with E-state index in [9.17, 15) is 27.9 Å². The molecule has 2 aromatic carbocycles. The van der Waals surface area contributed by atoms with E-state index in [1.807, 2.05) is 0 Å². The number of carbonyl (C=O) groups excluding carboxylic acids is 1. The highest BCUT2D eigenvalue weighted by Crippen LogP contribution is 2.40. The van der Waals surface area contributed by atoms with E-state index < -0.39 is 29.8 Å². The maximum Gasteiger partial charge on any atom is 0.416 e. The van der Waals surface area contributed by atoms with Gasteiger partial charge in [0.25, 0.3) is 0 Å². The fourth-order valence-corrected chi connectivity index (χ4v) is 3.94. The first-order valence-corrected chi connectivity index (χ1v) is 11.6. The molecular formula is C26H25ClF3N3O4. The summed E-state index contributed by atoms with van der Waals surface area (Å²) in [5.74, 6) is -0.700. The number of ether oxygens (including phenoxy) is 1. The summed E-state index contributed by atoms with van der Waals surface area (Å²) in [7, 11) is 1.41. The number of methoxy groups -OCH3 is 1. The van der Waals surface area contributed by atoms with Crippen molar-refractivity contribution < 1.29 is 32.6 Å². The Kier molecular flexibility index (Phi) is 8.99. The van der Waals surface area contributed by atoms with Gasteiger partial charge in [0.2, 0.25) is 0 Å². The average molecular weight is 536 g/mol. The minimum Gasteiger partial charge on any atom is -0.496 e. The van der Waals surface area contributed by atoms with Crippen LogP contribution in [0.1, 0.15) is 41.6 Å². The normalized spacial score (nSPS) is 12.1. The van der Waals surface area contributed by atoms with Crippen molar-refractivity contribution in [3.05, 3.63) is 82.1 Å². The number of hydrogen-bond donors (Lipinski definition) is 3. The van der Waals surface area contributed by atoms with Crippen LogP contribution in [0.15, 0.2) is 54.7 Å². The zero-order valence-corrected chi connectivity index (χ0v) is 20.8. The van der Waals surface area contributed by atoms with Gasteiger partial charge in [0, 0.05) is 18.3 Å². The third-order valence-electron chi connectivity index (χ3n) is 5.62. The van der Waals surface area contributed by atoms with Crippen molar-refractivity contribution in [1.29, 1.82) is 0 Å². The molecule has 3 rings (SSSR count). The molecule has 196 valence electrons. The highest BCUT2D eigenvalue weighted by atomic mass is 35.5. The number of aliphatic carboxylic acids is 1. The van der Waals surface area contributed by atoms with Gasteiger partial charge in [-0.2, -0.15) is 13.2 Å². The van der Waals surface area contributed by atoms with Crippen LogP contribution in [0.3, 0.4) is 0 Å². The molecule has 2 amide bonds. The summed E-state index contributed by atoms with van der Waals surface area (Å²) < 4.78 is 46.3. The number of hydrogen-bond acceptors (Lipinski definition) is 4. The van der Waals surface area contributed by atoms with Gasteiger partial charge in [-0.3, -0.25) is 4.79 Å². The highest BCUT2D eigenvalue weighted by Gasteiger charge is 2.32. The number of nitrogens with zero attached hydrogens (tertiary/aromatic N) is 1. The highest BCUT2D eigenvalue weighted by molar-refractivity contribution is 6.29. The number of aromatic nitrogens is 1. The number of carboxylic acids is 1. The van der Waals surface area contributed by atoms with Crippen LogP contribution in [-0.2, 0) is 23.9 Å². The number of rotatable bonds is 9. The lowest BCUT2D eigenvalue weighted by atomic mass is 9.90. The first kappa shape index (κ1) is 27.8. The molecule has 0 radical (unpaired) electrons. The molecule has 0 aliphatic carbocycles. The van der Waals surface area contributed by atoms with E-state index in [0.29, 0.717) is 33.2 Å². The topological polar surface area (TPSA) is 101 Å². The van der Waals surface area contributed by atoms with E-state index >= 15 is 0 Å². The van der Waals surface area contributed by atoms with Gasteiger partial charge in [-0.1, -0.05) is 36.7 Å². The number of urea groups is 1. The monoisotopic (exact) mass is 535 g/mol. The lowest BCUT2D eigenvalue weighted by Crippen LogP contribution is -2.37. The molecule has 3 N–H and O–H groups in total. The Labute approximate surface area is 216 Å². The Balaban J connectivity index is 1.99. The number of benzene rings is 2. The summed E-state index contributed by atoms with van der Waals surface area (Å²) in [4.78, 5) is 27.8. The molecular weight excluding hydrogens is 511 g/mol. The third kappa shape index (κ3) is 7.36. The second-order valence-corrected chi connectivity index (χ2v) is 8.57. The minimum absolute atomic E-state index is 0.132. The summed E-state index contributed by atoms with van der Waals surface area (Å²) in [5.41, 5.74) is 1.27. The third-order valence-corrected chi connectivity index (χ3v) is 5.84. The first-order chi connectivity index (χ1) is 17.5. The molecule has 0 aliphatic heterocycles. The van der Waals surface area contributed by atoms with Crippen LogP contribution in [0.4, 0.5) is 18.0 Å². The first-order valence-electron chi connectivity index (χ1n) is 11.3. The standard InChI is InChI=1S/C26H25ClF3N3O4/c1-3-21(33-25(36)32-14-16-5-9-23(27)31-13-16)19-12-17(26(28,29)30)6-7-18(19)20-10-15(11-24(34)35)4-8-22(20)37-2/h4-10,12-13,21H,3,11,14H2,1-2H3,(H,34,35)(H2,32,33,36). The van der Waals surface area contributed by atoms with E-state index in [0.717, 1.165) is 12.1 Å². The maximum atomic E-state index is 13.6. The molecule has 7 nitrogen and oxygen atoms in total. The minimum atomic E-state index is -4.61. The van der Waals surface area contributed by atoms with Crippen molar-refractivity contribution in [3.8, 4) is 16.9 Å². The molecule has 37 heavy (non-hydrogen) atoms. The molecule has 1 unspecified atom stereocenters. The molecule has 0 spiro atoms. The number of amides is 2. The maximum absolute atomic E-state index is 13.6. The number of nitrogens with one attached hydrogen (secondary N) is 2. The lowest BCUT2D eigenvalue weighted by Gasteiger charge is -2.24. The van der Waals surface area contributed by atoms with Gasteiger partial charge in [-0.15, -0.1) is 0 Å². The van der Waals surface area contributed by atoms with Crippen molar-refractivity contribution in [2.75, 3.05) is 7.11 Å². The van der Waals surface area contributed by atoms with Gasteiger partial charge in [0.15, 0.2) is 0 Å². The van der Waals surface area contributed by atoms with Gasteiger partial charge in [0.05, 0.1) is 25.1 Å². The summed E-state index contributed by atoms with van der Waals surface area (Å²) >= 11 is 5.77. The number of alkyl halides is 3. The summed E-state index contributed by atoms with van der Waals surface area (Å²) in [6.45, 7) is 1.86. The summed E-state index contributed by atoms with van der Waals surface area (Å²) in [5, 5.41) is 14.9. The van der Waals surface area contributed by atoms with Crippen LogP contribution in [-0.4, -0.2) is 29.2 Å². The van der Waals surface area contributed by atoms with Gasteiger partial charge in [-0.05, 0) is 59.0 Å². The molecule has 1 heterocycles. The molecule has 0 fully saturated rings.